The van der Waals surface area contributed by atoms with Crippen molar-refractivity contribution in [2.75, 3.05) is 31.9 Å². The minimum atomic E-state index is -3.57. The third-order valence-electron chi connectivity index (χ3n) is 6.06. The number of piperazine rings is 1. The predicted molar refractivity (Wildman–Crippen MR) is 123 cm³/mol. The summed E-state index contributed by atoms with van der Waals surface area (Å²) in [4.78, 5) is 30.2. The first-order valence-electron chi connectivity index (χ1n) is 11.0. The number of aryl methyl sites for hydroxylation is 3. The van der Waals surface area contributed by atoms with Gasteiger partial charge in [-0.2, -0.15) is 9.29 Å². The molecule has 1 aromatic heterocycles. The minimum Gasteiger partial charge on any atom is -0.339 e. The molecule has 172 valence electrons. The smallest absolute Gasteiger partial charge is 0.273 e. The molecular weight excluding hydrogens is 448 g/mol. The van der Waals surface area contributed by atoms with Gasteiger partial charge in [-0.1, -0.05) is 17.8 Å². The van der Waals surface area contributed by atoms with Gasteiger partial charge in [-0.25, -0.2) is 8.42 Å². The summed E-state index contributed by atoms with van der Waals surface area (Å²) in [6.07, 6.45) is 5.88. The van der Waals surface area contributed by atoms with Crippen LogP contribution in [0.4, 0.5) is 0 Å². The molecule has 0 N–H and O–H groups in total. The largest absolute Gasteiger partial charge is 0.339 e. The van der Waals surface area contributed by atoms with Crippen LogP contribution in [0.25, 0.3) is 0 Å². The Morgan fingerprint density at radius 2 is 1.78 bits per heavy atom. The Kier molecular flexibility index (Phi) is 7.02. The number of benzene rings is 1. The number of hydrogen-bond donors (Lipinski definition) is 0. The van der Waals surface area contributed by atoms with Crippen LogP contribution >= 0.6 is 11.8 Å². The zero-order chi connectivity index (χ0) is 22.7. The number of fused-ring (bicyclic) bond motifs is 1. The second-order valence-electron chi connectivity index (χ2n) is 8.05. The van der Waals surface area contributed by atoms with Crippen molar-refractivity contribution < 1.29 is 13.2 Å². The van der Waals surface area contributed by atoms with E-state index >= 15 is 0 Å². The number of aromatic nitrogens is 2. The molecule has 1 saturated heterocycles. The molecule has 0 saturated carbocycles. The Balaban J connectivity index is 1.36. The van der Waals surface area contributed by atoms with Gasteiger partial charge in [0.05, 0.1) is 10.6 Å². The first kappa shape index (κ1) is 23.0. The molecule has 2 aromatic rings. The highest BCUT2D eigenvalue weighted by Crippen LogP contribution is 2.26. The summed E-state index contributed by atoms with van der Waals surface area (Å²) in [7, 11) is -3.57. The summed E-state index contributed by atoms with van der Waals surface area (Å²) in [5, 5.41) is 0.516. The Morgan fingerprint density at radius 1 is 1.06 bits per heavy atom. The lowest BCUT2D eigenvalue weighted by Crippen LogP contribution is -2.51. The van der Waals surface area contributed by atoms with Crippen LogP contribution in [-0.4, -0.2) is 65.0 Å². The van der Waals surface area contributed by atoms with Gasteiger partial charge in [0.15, 0.2) is 5.16 Å². The van der Waals surface area contributed by atoms with E-state index in [1.165, 1.54) is 27.7 Å². The van der Waals surface area contributed by atoms with Gasteiger partial charge in [-0.05, 0) is 55.9 Å². The molecule has 0 atom stereocenters. The maximum absolute atomic E-state index is 13.1. The third kappa shape index (κ3) is 4.92. The summed E-state index contributed by atoms with van der Waals surface area (Å²) >= 11 is 1.23. The predicted octanol–water partition coefficient (Wildman–Crippen LogP) is 1.77. The average Bonchev–Trinajstić information content (AvgIpc) is 2.82. The number of thioether (sulfide) groups is 1. The Labute approximate surface area is 192 Å². The van der Waals surface area contributed by atoms with Crippen LogP contribution in [0.15, 0.2) is 45.3 Å². The Hall–Kier alpha value is -2.17. The minimum absolute atomic E-state index is 0.0819. The first-order chi connectivity index (χ1) is 15.4. The molecule has 1 aromatic carbocycles. The monoisotopic (exact) mass is 476 g/mol. The van der Waals surface area contributed by atoms with E-state index in [-0.39, 0.29) is 30.3 Å². The second-order valence-corrected chi connectivity index (χ2v) is 10.9. The van der Waals surface area contributed by atoms with Crippen molar-refractivity contribution >= 4 is 27.7 Å². The lowest BCUT2D eigenvalue weighted by Gasteiger charge is -2.34. The standard InChI is InChI=1S/C22H28N4O4S2/c1-2-24-10-9-20(27)23-22(24)31-16-21(28)25-11-13-26(14-12-25)32(29,30)19-8-7-17-5-3-4-6-18(17)15-19/h7-10,15H,2-6,11-14,16H2,1H3. The van der Waals surface area contributed by atoms with Crippen LogP contribution in [-0.2, 0) is 34.2 Å². The third-order valence-corrected chi connectivity index (χ3v) is 8.93. The van der Waals surface area contributed by atoms with Gasteiger partial charge in [0.25, 0.3) is 5.56 Å². The van der Waals surface area contributed by atoms with Crippen molar-refractivity contribution in [3.8, 4) is 0 Å². The fourth-order valence-corrected chi connectivity index (χ4v) is 6.60. The summed E-state index contributed by atoms with van der Waals surface area (Å²) < 4.78 is 29.6. The molecule has 4 rings (SSSR count). The van der Waals surface area contributed by atoms with E-state index in [0.717, 1.165) is 31.2 Å². The Morgan fingerprint density at radius 3 is 2.50 bits per heavy atom. The highest BCUT2D eigenvalue weighted by atomic mass is 32.2. The first-order valence-corrected chi connectivity index (χ1v) is 13.4. The molecule has 1 aliphatic heterocycles. The fraction of sp³-hybridized carbons (Fsp3) is 0.500. The van der Waals surface area contributed by atoms with E-state index < -0.39 is 10.0 Å². The molecule has 1 amide bonds. The molecule has 1 aliphatic carbocycles. The molecule has 0 spiro atoms. The van der Waals surface area contributed by atoms with Crippen LogP contribution in [0, 0.1) is 0 Å². The zero-order valence-electron chi connectivity index (χ0n) is 18.2. The molecule has 10 heteroatoms. The lowest BCUT2D eigenvalue weighted by molar-refractivity contribution is -0.129. The van der Waals surface area contributed by atoms with Crippen molar-refractivity contribution in [2.24, 2.45) is 0 Å². The number of sulfonamides is 1. The number of carbonyl (C=O) groups excluding carboxylic acids is 1. The van der Waals surface area contributed by atoms with Crippen molar-refractivity contribution in [1.29, 1.82) is 0 Å². The van der Waals surface area contributed by atoms with E-state index in [0.29, 0.717) is 29.7 Å². The van der Waals surface area contributed by atoms with E-state index in [1.807, 2.05) is 23.6 Å². The van der Waals surface area contributed by atoms with Gasteiger partial charge < -0.3 is 9.47 Å². The molecule has 2 aliphatic rings. The van der Waals surface area contributed by atoms with Crippen molar-refractivity contribution in [1.82, 2.24) is 18.8 Å². The van der Waals surface area contributed by atoms with Gasteiger partial charge in [-0.3, -0.25) is 9.59 Å². The summed E-state index contributed by atoms with van der Waals surface area (Å²) in [5.41, 5.74) is 2.07. The summed E-state index contributed by atoms with van der Waals surface area (Å²) in [6.45, 7) is 3.86. The molecular formula is C22H28N4O4S2. The highest BCUT2D eigenvalue weighted by molar-refractivity contribution is 7.99. The number of nitrogens with zero attached hydrogens (tertiary/aromatic N) is 4. The molecule has 1 fully saturated rings. The number of rotatable bonds is 6. The maximum Gasteiger partial charge on any atom is 0.273 e. The van der Waals surface area contributed by atoms with E-state index in [2.05, 4.69) is 4.98 Å². The fourth-order valence-electron chi connectivity index (χ4n) is 4.18. The summed E-state index contributed by atoms with van der Waals surface area (Å²) in [5.74, 6) is 0.0789. The van der Waals surface area contributed by atoms with Crippen LogP contribution in [0.1, 0.15) is 30.9 Å². The van der Waals surface area contributed by atoms with Crippen LogP contribution in [0.3, 0.4) is 0 Å². The quantitative estimate of drug-likeness (QED) is 0.466. The van der Waals surface area contributed by atoms with E-state index in [4.69, 9.17) is 0 Å². The van der Waals surface area contributed by atoms with E-state index in [1.54, 1.807) is 17.2 Å². The van der Waals surface area contributed by atoms with Gasteiger partial charge in [0, 0.05) is 45.0 Å². The molecule has 32 heavy (non-hydrogen) atoms. The normalized spacial score (nSPS) is 17.2. The van der Waals surface area contributed by atoms with Crippen LogP contribution < -0.4 is 5.56 Å². The van der Waals surface area contributed by atoms with Gasteiger partial charge in [0.2, 0.25) is 15.9 Å². The van der Waals surface area contributed by atoms with Crippen molar-refractivity contribution in [3.05, 3.63) is 51.9 Å². The molecule has 0 bridgehead atoms. The van der Waals surface area contributed by atoms with Crippen molar-refractivity contribution in [2.45, 2.75) is 49.2 Å². The lowest BCUT2D eigenvalue weighted by atomic mass is 9.92. The second kappa shape index (κ2) is 9.76. The number of amides is 1. The van der Waals surface area contributed by atoms with Gasteiger partial charge in [-0.15, -0.1) is 0 Å². The molecule has 2 heterocycles. The van der Waals surface area contributed by atoms with Gasteiger partial charge in [0.1, 0.15) is 0 Å². The molecule has 0 radical (unpaired) electrons. The van der Waals surface area contributed by atoms with E-state index in [9.17, 15) is 18.0 Å². The zero-order valence-corrected chi connectivity index (χ0v) is 19.8. The molecule has 0 unspecified atom stereocenters. The summed E-state index contributed by atoms with van der Waals surface area (Å²) in [6, 6.07) is 6.90. The van der Waals surface area contributed by atoms with Crippen LogP contribution in [0.5, 0.6) is 0 Å². The average molecular weight is 477 g/mol. The highest BCUT2D eigenvalue weighted by Gasteiger charge is 2.30. The SMILES string of the molecule is CCn1ccc(=O)nc1SCC(=O)N1CCN(S(=O)(=O)c2ccc3c(c2)CCCC3)CC1. The Bertz CT molecular complexity index is 1150. The number of hydrogen-bond acceptors (Lipinski definition) is 6. The topological polar surface area (TPSA) is 92.6 Å². The van der Waals surface area contributed by atoms with Gasteiger partial charge >= 0.3 is 0 Å². The van der Waals surface area contributed by atoms with Crippen molar-refractivity contribution in [3.63, 3.8) is 0 Å². The molecule has 8 nitrogen and oxygen atoms in total. The maximum atomic E-state index is 13.1. The van der Waals surface area contributed by atoms with Crippen LogP contribution in [0.2, 0.25) is 0 Å². The number of carbonyl (C=O) groups is 1.